The summed E-state index contributed by atoms with van der Waals surface area (Å²) in [5, 5.41) is 9.41. The Morgan fingerprint density at radius 2 is 2.07 bits per heavy atom. The molecule has 0 spiro atoms. The number of carbonyl (C=O) groups is 1. The second kappa shape index (κ2) is 3.83. The van der Waals surface area contributed by atoms with Crippen molar-refractivity contribution in [1.82, 2.24) is 0 Å². The van der Waals surface area contributed by atoms with E-state index in [2.05, 4.69) is 19.6 Å². The van der Waals surface area contributed by atoms with Crippen LogP contribution in [0.3, 0.4) is 0 Å². The lowest BCUT2D eigenvalue weighted by Gasteiger charge is -2.10. The molecule has 0 amide bonds. The molecule has 0 bridgehead atoms. The summed E-state index contributed by atoms with van der Waals surface area (Å²) in [6.07, 6.45) is 2.54. The minimum Gasteiger partial charge on any atom is -0.478 e. The molecular weight excluding hydrogens is 196 g/mol. The van der Waals surface area contributed by atoms with Gasteiger partial charge >= 0.3 is 5.97 Å². The lowest BCUT2D eigenvalue weighted by Crippen LogP contribution is -2.36. The molecule has 4 heteroatoms. The molecule has 0 aliphatic heterocycles. The maximum atomic E-state index is 10.3. The zero-order chi connectivity index (χ0) is 10.8. The third-order valence-corrected chi connectivity index (χ3v) is 3.50. The summed E-state index contributed by atoms with van der Waals surface area (Å²) in [5.74, 6) is -0.360. The Labute approximate surface area is 84.1 Å². The van der Waals surface area contributed by atoms with Crippen LogP contribution in [-0.4, -0.2) is 19.1 Å². The average Bonchev–Trinajstić information content (AvgIpc) is 2.47. The second-order valence-corrected chi connectivity index (χ2v) is 9.12. The van der Waals surface area contributed by atoms with Crippen LogP contribution in [0.4, 0.5) is 0 Å². The van der Waals surface area contributed by atoms with Crippen molar-refractivity contribution in [3.05, 3.63) is 24.0 Å². The molecule has 0 saturated heterocycles. The van der Waals surface area contributed by atoms with Gasteiger partial charge in [-0.2, -0.15) is 0 Å². The monoisotopic (exact) mass is 210 g/mol. The van der Waals surface area contributed by atoms with Gasteiger partial charge in [-0.3, -0.25) is 0 Å². The van der Waals surface area contributed by atoms with E-state index in [1.807, 2.05) is 6.07 Å². The van der Waals surface area contributed by atoms with E-state index in [0.717, 1.165) is 11.5 Å². The van der Waals surface area contributed by atoms with Gasteiger partial charge in [0.15, 0.2) is 0 Å². The number of rotatable bonds is 3. The molecule has 0 aliphatic rings. The van der Waals surface area contributed by atoms with Gasteiger partial charge in [0.1, 0.15) is 13.8 Å². The predicted octanol–water partition coefficient (Wildman–Crippen LogP) is 1.92. The quantitative estimate of drug-likeness (QED) is 0.612. The van der Waals surface area contributed by atoms with E-state index in [9.17, 15) is 4.79 Å². The molecule has 0 atom stereocenters. The molecule has 14 heavy (non-hydrogen) atoms. The first-order chi connectivity index (χ1) is 6.39. The molecule has 0 fully saturated rings. The van der Waals surface area contributed by atoms with E-state index in [0.29, 0.717) is 5.76 Å². The summed E-state index contributed by atoms with van der Waals surface area (Å²) >= 11 is 0. The Bertz CT molecular complexity index is 358. The van der Waals surface area contributed by atoms with E-state index >= 15 is 0 Å². The van der Waals surface area contributed by atoms with Gasteiger partial charge in [0.05, 0.1) is 5.38 Å². The number of furan rings is 1. The van der Waals surface area contributed by atoms with Crippen molar-refractivity contribution in [3.63, 3.8) is 0 Å². The summed E-state index contributed by atoms with van der Waals surface area (Å²) in [6.45, 7) is 6.53. The molecule has 1 rings (SSSR count). The van der Waals surface area contributed by atoms with Crippen molar-refractivity contribution in [2.75, 3.05) is 0 Å². The van der Waals surface area contributed by atoms with E-state index in [-0.39, 0.29) is 0 Å². The Kier molecular flexibility index (Phi) is 2.95. The number of carboxylic acid groups (broad SMARTS) is 1. The fourth-order valence-electron chi connectivity index (χ4n) is 0.999. The van der Waals surface area contributed by atoms with Crippen LogP contribution in [-0.2, 0) is 4.79 Å². The van der Waals surface area contributed by atoms with Gasteiger partial charge in [-0.15, -0.1) is 0 Å². The zero-order valence-electron chi connectivity index (χ0n) is 8.57. The van der Waals surface area contributed by atoms with Crippen molar-refractivity contribution >= 4 is 25.5 Å². The fourth-order valence-corrected chi connectivity index (χ4v) is 2.01. The molecule has 0 saturated carbocycles. The molecule has 0 aromatic carbocycles. The van der Waals surface area contributed by atoms with Crippen LogP contribution >= 0.6 is 0 Å². The minimum atomic E-state index is -1.42. The summed E-state index contributed by atoms with van der Waals surface area (Å²) in [4.78, 5) is 10.3. The van der Waals surface area contributed by atoms with Gasteiger partial charge in [0.2, 0.25) is 0 Å². The molecule has 1 aromatic heterocycles. The van der Waals surface area contributed by atoms with Crippen LogP contribution in [0.2, 0.25) is 19.6 Å². The lowest BCUT2D eigenvalue weighted by molar-refractivity contribution is -0.131. The highest BCUT2D eigenvalue weighted by Gasteiger charge is 2.20. The molecule has 1 heterocycles. The molecule has 0 radical (unpaired) electrons. The Morgan fingerprint density at radius 1 is 1.43 bits per heavy atom. The molecule has 76 valence electrons. The van der Waals surface area contributed by atoms with Crippen LogP contribution in [0.15, 0.2) is 22.6 Å². The predicted molar refractivity (Wildman–Crippen MR) is 58.4 cm³/mol. The standard InChI is InChI=1S/C10H14O3Si/c1-14(2,3)10-7-5-8(13-10)4-6-9(11)12/h4-7H,1-3H3,(H,11,12)/b6-4+. The first-order valence-electron chi connectivity index (χ1n) is 4.41. The maximum absolute atomic E-state index is 10.3. The Balaban J connectivity index is 2.84. The number of hydrogen-bond donors (Lipinski definition) is 1. The molecular formula is C10H14O3Si. The highest BCUT2D eigenvalue weighted by molar-refractivity contribution is 6.87. The van der Waals surface area contributed by atoms with Gasteiger partial charge in [-0.1, -0.05) is 19.6 Å². The topological polar surface area (TPSA) is 50.4 Å². The number of hydrogen-bond acceptors (Lipinski definition) is 2. The summed E-state index contributed by atoms with van der Waals surface area (Å²) in [5.41, 5.74) is 0. The second-order valence-electron chi connectivity index (χ2n) is 4.12. The highest BCUT2D eigenvalue weighted by atomic mass is 28.3. The van der Waals surface area contributed by atoms with Crippen LogP contribution in [0.1, 0.15) is 5.76 Å². The third-order valence-electron chi connectivity index (χ3n) is 1.76. The molecule has 1 N–H and O–H groups in total. The SMILES string of the molecule is C[Si](C)(C)c1ccc(/C=C/C(=O)O)o1. The minimum absolute atomic E-state index is 0.602. The van der Waals surface area contributed by atoms with E-state index in [1.165, 1.54) is 6.08 Å². The van der Waals surface area contributed by atoms with Gasteiger partial charge in [0.25, 0.3) is 0 Å². The van der Waals surface area contributed by atoms with Crippen molar-refractivity contribution in [2.45, 2.75) is 19.6 Å². The Morgan fingerprint density at radius 3 is 2.50 bits per heavy atom. The Hall–Kier alpha value is -1.29. The molecule has 1 aromatic rings. The first kappa shape index (κ1) is 10.8. The van der Waals surface area contributed by atoms with Crippen LogP contribution in [0.5, 0.6) is 0 Å². The van der Waals surface area contributed by atoms with Gasteiger partial charge < -0.3 is 9.52 Å². The average molecular weight is 210 g/mol. The van der Waals surface area contributed by atoms with Crippen LogP contribution < -0.4 is 5.38 Å². The molecule has 3 nitrogen and oxygen atoms in total. The molecule has 0 aliphatic carbocycles. The first-order valence-corrected chi connectivity index (χ1v) is 7.91. The molecule has 0 unspecified atom stereocenters. The van der Waals surface area contributed by atoms with Gasteiger partial charge in [-0.05, 0) is 18.2 Å². The summed E-state index contributed by atoms with van der Waals surface area (Å²) < 4.78 is 5.51. The van der Waals surface area contributed by atoms with Gasteiger partial charge in [-0.25, -0.2) is 4.79 Å². The number of carboxylic acids is 1. The number of aliphatic carboxylic acids is 1. The van der Waals surface area contributed by atoms with Crippen molar-refractivity contribution in [2.24, 2.45) is 0 Å². The van der Waals surface area contributed by atoms with E-state index in [1.54, 1.807) is 6.07 Å². The van der Waals surface area contributed by atoms with Crippen LogP contribution in [0.25, 0.3) is 6.08 Å². The van der Waals surface area contributed by atoms with Crippen molar-refractivity contribution < 1.29 is 14.3 Å². The zero-order valence-corrected chi connectivity index (χ0v) is 9.57. The summed E-state index contributed by atoms with van der Waals surface area (Å²) in [6, 6.07) is 3.72. The van der Waals surface area contributed by atoms with Crippen LogP contribution in [0, 0.1) is 0 Å². The van der Waals surface area contributed by atoms with E-state index in [4.69, 9.17) is 9.52 Å². The third kappa shape index (κ3) is 2.88. The summed E-state index contributed by atoms with van der Waals surface area (Å²) in [7, 11) is -1.42. The maximum Gasteiger partial charge on any atom is 0.328 e. The van der Waals surface area contributed by atoms with Crippen molar-refractivity contribution in [1.29, 1.82) is 0 Å². The highest BCUT2D eigenvalue weighted by Crippen LogP contribution is 2.07. The normalized spacial score (nSPS) is 12.2. The lowest BCUT2D eigenvalue weighted by atomic mass is 10.4. The van der Waals surface area contributed by atoms with Crippen molar-refractivity contribution in [3.8, 4) is 0 Å². The smallest absolute Gasteiger partial charge is 0.328 e. The van der Waals surface area contributed by atoms with Gasteiger partial charge in [0, 0.05) is 6.08 Å². The fraction of sp³-hybridized carbons (Fsp3) is 0.300. The largest absolute Gasteiger partial charge is 0.478 e. The van der Waals surface area contributed by atoms with E-state index < -0.39 is 14.0 Å².